The number of para-hydroxylation sites is 1. The zero-order chi connectivity index (χ0) is 34.4. The molecule has 0 spiro atoms. The number of rotatable bonds is 12. The van der Waals surface area contributed by atoms with Gasteiger partial charge in [-0.2, -0.15) is 0 Å². The Morgan fingerprint density at radius 1 is 0.900 bits per heavy atom. The van der Waals surface area contributed by atoms with Crippen molar-refractivity contribution >= 4 is 64.9 Å². The molecule has 1 aromatic heterocycles. The van der Waals surface area contributed by atoms with Crippen LogP contribution in [0.5, 0.6) is 11.5 Å². The number of piperazine rings is 1. The number of ether oxygens (including phenoxy) is 2. The maximum atomic E-state index is 13.7. The molecule has 3 aromatic carbocycles. The number of aryl methyl sites for hydroxylation is 3. The van der Waals surface area contributed by atoms with E-state index in [2.05, 4.69) is 22.2 Å². The zero-order valence-corrected chi connectivity index (χ0v) is 31.3. The highest BCUT2D eigenvalue weighted by Gasteiger charge is 2.22. The van der Waals surface area contributed by atoms with Gasteiger partial charge in [0.25, 0.3) is 11.8 Å². The van der Waals surface area contributed by atoms with E-state index in [9.17, 15) is 14.4 Å². The fraction of sp³-hybridized carbons (Fsp3) is 0.405. The molecule has 1 aliphatic rings. The fourth-order valence-corrected chi connectivity index (χ4v) is 5.90. The number of benzene rings is 3. The second-order valence-corrected chi connectivity index (χ2v) is 12.4. The Balaban J connectivity index is 0.00000338. The van der Waals surface area contributed by atoms with Crippen LogP contribution in [0.15, 0.2) is 54.6 Å². The van der Waals surface area contributed by atoms with Gasteiger partial charge in [0.2, 0.25) is 5.91 Å². The average Bonchev–Trinajstić information content (AvgIpc) is 3.38. The van der Waals surface area contributed by atoms with Gasteiger partial charge in [-0.25, -0.2) is 4.98 Å². The third-order valence-electron chi connectivity index (χ3n) is 9.01. The van der Waals surface area contributed by atoms with Crippen molar-refractivity contribution in [2.45, 2.75) is 39.5 Å². The Kier molecular flexibility index (Phi) is 14.5. The number of halogens is 2. The van der Waals surface area contributed by atoms with Gasteiger partial charge in [-0.1, -0.05) is 12.1 Å². The number of aromatic nitrogens is 2. The van der Waals surface area contributed by atoms with Gasteiger partial charge in [0.05, 0.1) is 36.2 Å². The highest BCUT2D eigenvalue weighted by molar-refractivity contribution is 6.12. The van der Waals surface area contributed by atoms with E-state index in [0.717, 1.165) is 62.3 Å². The molecule has 1 aliphatic heterocycles. The summed E-state index contributed by atoms with van der Waals surface area (Å²) in [5.74, 6) is 1.44. The van der Waals surface area contributed by atoms with Crippen LogP contribution in [0.1, 0.15) is 57.8 Å². The lowest BCUT2D eigenvalue weighted by molar-refractivity contribution is -0.132. The maximum Gasteiger partial charge on any atom is 0.258 e. The summed E-state index contributed by atoms with van der Waals surface area (Å²) in [6.07, 6.45) is 3.07. The van der Waals surface area contributed by atoms with Gasteiger partial charge >= 0.3 is 0 Å². The van der Waals surface area contributed by atoms with Gasteiger partial charge in [0.1, 0.15) is 22.8 Å². The van der Waals surface area contributed by atoms with Crippen molar-refractivity contribution in [2.24, 2.45) is 7.05 Å². The Hall–Kier alpha value is -4.32. The number of likely N-dealkylation sites (N-methyl/N-ethyl adjacent to an activating group) is 1. The van der Waals surface area contributed by atoms with E-state index in [4.69, 9.17) is 9.47 Å². The predicted molar refractivity (Wildman–Crippen MR) is 203 cm³/mol. The second-order valence-electron chi connectivity index (χ2n) is 12.4. The summed E-state index contributed by atoms with van der Waals surface area (Å²) in [5, 5.41) is 2.92. The first-order chi connectivity index (χ1) is 23.1. The van der Waals surface area contributed by atoms with E-state index in [1.54, 1.807) is 36.2 Å². The van der Waals surface area contributed by atoms with Crippen LogP contribution < -0.4 is 19.7 Å². The van der Waals surface area contributed by atoms with Crippen LogP contribution in [-0.4, -0.2) is 91.1 Å². The van der Waals surface area contributed by atoms with Crippen molar-refractivity contribution in [3.8, 4) is 11.5 Å². The third kappa shape index (κ3) is 9.26. The number of methoxy groups -OCH3 is 1. The summed E-state index contributed by atoms with van der Waals surface area (Å²) in [6, 6.07) is 16.2. The molecular weight excluding hydrogens is 679 g/mol. The zero-order valence-electron chi connectivity index (χ0n) is 29.7. The summed E-state index contributed by atoms with van der Waals surface area (Å²) in [5.41, 5.74) is 4.43. The number of anilines is 2. The van der Waals surface area contributed by atoms with Crippen molar-refractivity contribution in [1.82, 2.24) is 19.4 Å². The minimum absolute atomic E-state index is 0. The number of nitrogens with zero attached hydrogens (tertiary/aromatic N) is 5. The molecule has 5 rings (SSSR count). The molecule has 0 unspecified atom stereocenters. The summed E-state index contributed by atoms with van der Waals surface area (Å²) < 4.78 is 13.7. The number of unbranched alkanes of at least 4 members (excludes halogenated alkanes) is 2. The summed E-state index contributed by atoms with van der Waals surface area (Å²) in [7, 11) is 7.21. The molecule has 1 N–H and O–H groups in total. The molecule has 4 aromatic rings. The molecule has 0 radical (unpaired) electrons. The van der Waals surface area contributed by atoms with E-state index in [1.165, 1.54) is 7.11 Å². The highest BCUT2D eigenvalue weighted by Crippen LogP contribution is 2.32. The van der Waals surface area contributed by atoms with E-state index >= 15 is 0 Å². The molecule has 270 valence electrons. The lowest BCUT2D eigenvalue weighted by Gasteiger charge is -2.32. The van der Waals surface area contributed by atoms with Crippen molar-refractivity contribution in [2.75, 3.05) is 64.2 Å². The van der Waals surface area contributed by atoms with Gasteiger partial charge in [0.15, 0.2) is 0 Å². The summed E-state index contributed by atoms with van der Waals surface area (Å²) >= 11 is 0. The van der Waals surface area contributed by atoms with Crippen LogP contribution in [0.4, 0.5) is 11.4 Å². The summed E-state index contributed by atoms with van der Waals surface area (Å²) in [4.78, 5) is 49.9. The van der Waals surface area contributed by atoms with E-state index in [1.807, 2.05) is 60.7 Å². The normalized spacial score (nSPS) is 12.9. The molecule has 13 heteroatoms. The van der Waals surface area contributed by atoms with Crippen LogP contribution in [0.3, 0.4) is 0 Å². The quantitative estimate of drug-likeness (QED) is 0.171. The van der Waals surface area contributed by atoms with Gasteiger partial charge in [-0.05, 0) is 88.2 Å². The van der Waals surface area contributed by atoms with E-state index in [-0.39, 0.29) is 42.5 Å². The molecule has 0 atom stereocenters. The Morgan fingerprint density at radius 2 is 1.64 bits per heavy atom. The number of carbonyl (C=O) groups excluding carboxylic acids is 3. The maximum absolute atomic E-state index is 13.7. The fourth-order valence-electron chi connectivity index (χ4n) is 5.90. The minimum atomic E-state index is -0.323. The molecule has 1 fully saturated rings. The van der Waals surface area contributed by atoms with Crippen molar-refractivity contribution in [3.63, 3.8) is 0 Å². The first-order valence-corrected chi connectivity index (χ1v) is 16.5. The number of hydrogen-bond acceptors (Lipinski definition) is 7. The standard InChI is InChI=1S/C37H46N6O5.2ClH/c1-25-14-17-30(33(23-25)48-22-9-7-8-13-34(44)43-20-18-40(3)19-21-43)42(5)37(46)27-15-16-29(32(24-27)47-6)39-36(45)28-11-10-12-31-35(28)38-26(2)41(31)4;;/h10-12,14-17,23-24H,7-9,13,18-22H2,1-6H3,(H,39,45);2*1H. The van der Waals surface area contributed by atoms with E-state index in [0.29, 0.717) is 52.5 Å². The number of nitrogens with one attached hydrogen (secondary N) is 1. The lowest BCUT2D eigenvalue weighted by atomic mass is 10.1. The number of imidazole rings is 1. The monoisotopic (exact) mass is 726 g/mol. The number of hydrogen-bond donors (Lipinski definition) is 1. The average molecular weight is 728 g/mol. The first-order valence-electron chi connectivity index (χ1n) is 16.5. The van der Waals surface area contributed by atoms with Crippen LogP contribution in [0, 0.1) is 13.8 Å². The molecule has 0 aliphatic carbocycles. The van der Waals surface area contributed by atoms with Crippen molar-refractivity contribution in [3.05, 3.63) is 77.1 Å². The molecule has 50 heavy (non-hydrogen) atoms. The van der Waals surface area contributed by atoms with Crippen LogP contribution in [0.2, 0.25) is 0 Å². The highest BCUT2D eigenvalue weighted by atomic mass is 35.5. The Morgan fingerprint density at radius 3 is 2.36 bits per heavy atom. The van der Waals surface area contributed by atoms with Crippen molar-refractivity contribution < 1.29 is 23.9 Å². The molecule has 0 saturated carbocycles. The Labute approximate surface area is 306 Å². The minimum Gasteiger partial charge on any atom is -0.495 e. The molecule has 3 amide bonds. The molecular formula is C37H48Cl2N6O5. The smallest absolute Gasteiger partial charge is 0.258 e. The van der Waals surface area contributed by atoms with Crippen LogP contribution in [-0.2, 0) is 11.8 Å². The van der Waals surface area contributed by atoms with Gasteiger partial charge in [0, 0.05) is 52.3 Å². The SMILES string of the molecule is COc1cc(C(=O)N(C)c2ccc(C)cc2OCCCCCC(=O)N2CCN(C)CC2)ccc1NC(=O)c1cccc2c1nc(C)n2C.Cl.Cl. The van der Waals surface area contributed by atoms with Crippen molar-refractivity contribution in [1.29, 1.82) is 0 Å². The lowest BCUT2D eigenvalue weighted by Crippen LogP contribution is -2.47. The second kappa shape index (κ2) is 18.1. The largest absolute Gasteiger partial charge is 0.495 e. The van der Waals surface area contributed by atoms with Crippen LogP contribution >= 0.6 is 24.8 Å². The topological polar surface area (TPSA) is 109 Å². The first kappa shape index (κ1) is 40.1. The van der Waals surface area contributed by atoms with Gasteiger partial charge in [-0.15, -0.1) is 24.8 Å². The molecule has 2 heterocycles. The third-order valence-corrected chi connectivity index (χ3v) is 9.01. The van der Waals surface area contributed by atoms with E-state index < -0.39 is 0 Å². The molecule has 11 nitrogen and oxygen atoms in total. The number of fused-ring (bicyclic) bond motifs is 1. The molecule has 0 bridgehead atoms. The molecule has 1 saturated heterocycles. The predicted octanol–water partition coefficient (Wildman–Crippen LogP) is 6.28. The van der Waals surface area contributed by atoms with Gasteiger partial charge < -0.3 is 34.1 Å². The Bertz CT molecular complexity index is 1800. The van der Waals surface area contributed by atoms with Gasteiger partial charge in [-0.3, -0.25) is 14.4 Å². The van der Waals surface area contributed by atoms with Crippen LogP contribution in [0.25, 0.3) is 11.0 Å². The summed E-state index contributed by atoms with van der Waals surface area (Å²) in [6.45, 7) is 7.82. The number of carbonyl (C=O) groups is 3. The number of amides is 3.